The standard InChI is InChI=1S/C13H11N5O3S/c1-21-9-4-2-8(3-5-9)10(19)7-22-13-17-16-12-15-11(20)6-14-18(12)13/h2-6H,7H2,1H3,(H,15,16,20). The summed E-state index contributed by atoms with van der Waals surface area (Å²) in [5, 5.41) is 12.1. The van der Waals surface area contributed by atoms with Crippen molar-refractivity contribution in [3.05, 3.63) is 46.4 Å². The smallest absolute Gasteiger partial charge is 0.271 e. The van der Waals surface area contributed by atoms with Gasteiger partial charge in [-0.1, -0.05) is 11.8 Å². The fourth-order valence-corrected chi connectivity index (χ4v) is 2.56. The van der Waals surface area contributed by atoms with Crippen LogP contribution in [-0.2, 0) is 0 Å². The quantitative estimate of drug-likeness (QED) is 0.548. The monoisotopic (exact) mass is 317 g/mol. The molecule has 3 aromatic rings. The first-order chi connectivity index (χ1) is 10.7. The van der Waals surface area contributed by atoms with Crippen LogP contribution in [0.5, 0.6) is 5.75 Å². The number of carbonyl (C=O) groups is 1. The highest BCUT2D eigenvalue weighted by molar-refractivity contribution is 7.99. The van der Waals surface area contributed by atoms with Gasteiger partial charge in [-0.2, -0.15) is 9.61 Å². The number of nitrogens with one attached hydrogen (secondary N) is 1. The Balaban J connectivity index is 1.72. The summed E-state index contributed by atoms with van der Waals surface area (Å²) in [7, 11) is 1.57. The summed E-state index contributed by atoms with van der Waals surface area (Å²) in [6.45, 7) is 0. The number of benzene rings is 1. The maximum absolute atomic E-state index is 12.1. The molecule has 0 fully saturated rings. The maximum Gasteiger partial charge on any atom is 0.271 e. The highest BCUT2D eigenvalue weighted by Crippen LogP contribution is 2.18. The molecule has 112 valence electrons. The largest absolute Gasteiger partial charge is 0.497 e. The van der Waals surface area contributed by atoms with Crippen molar-refractivity contribution in [1.29, 1.82) is 0 Å². The summed E-state index contributed by atoms with van der Waals surface area (Å²) in [6.07, 6.45) is 1.13. The summed E-state index contributed by atoms with van der Waals surface area (Å²) >= 11 is 1.20. The van der Waals surface area contributed by atoms with Gasteiger partial charge in [0.2, 0.25) is 5.16 Å². The number of hydrogen-bond acceptors (Lipinski definition) is 7. The van der Waals surface area contributed by atoms with Gasteiger partial charge < -0.3 is 4.74 Å². The zero-order valence-corrected chi connectivity index (χ0v) is 12.3. The van der Waals surface area contributed by atoms with E-state index in [0.29, 0.717) is 16.5 Å². The Morgan fingerprint density at radius 1 is 1.32 bits per heavy atom. The van der Waals surface area contributed by atoms with Crippen molar-refractivity contribution >= 4 is 23.3 Å². The highest BCUT2D eigenvalue weighted by atomic mass is 32.2. The van der Waals surface area contributed by atoms with E-state index < -0.39 is 0 Å². The average molecular weight is 317 g/mol. The third-order valence-electron chi connectivity index (χ3n) is 2.88. The van der Waals surface area contributed by atoms with Crippen LogP contribution < -0.4 is 10.3 Å². The number of ketones is 1. The van der Waals surface area contributed by atoms with Crippen LogP contribution >= 0.6 is 11.8 Å². The first-order valence-electron chi connectivity index (χ1n) is 6.28. The molecule has 0 radical (unpaired) electrons. The predicted molar refractivity (Wildman–Crippen MR) is 79.5 cm³/mol. The third kappa shape index (κ3) is 2.84. The number of hydrogen-bond donors (Lipinski definition) is 1. The van der Waals surface area contributed by atoms with Gasteiger partial charge >= 0.3 is 0 Å². The van der Waals surface area contributed by atoms with Crippen LogP contribution in [0.1, 0.15) is 10.4 Å². The number of nitrogens with zero attached hydrogens (tertiary/aromatic N) is 4. The SMILES string of the molecule is COc1ccc(C(=O)CSc2nnc3[nH]c(=O)cnn23)cc1. The molecule has 22 heavy (non-hydrogen) atoms. The van der Waals surface area contributed by atoms with E-state index in [2.05, 4.69) is 20.3 Å². The summed E-state index contributed by atoms with van der Waals surface area (Å²) in [6, 6.07) is 6.88. The lowest BCUT2D eigenvalue weighted by atomic mass is 10.1. The molecule has 8 nitrogen and oxygen atoms in total. The van der Waals surface area contributed by atoms with Crippen LogP contribution in [0.15, 0.2) is 40.4 Å². The number of Topliss-reactive ketones (excluding diaryl/α,β-unsaturated/α-hetero) is 1. The van der Waals surface area contributed by atoms with Crippen LogP contribution in [0.3, 0.4) is 0 Å². The minimum absolute atomic E-state index is 0.0474. The van der Waals surface area contributed by atoms with Crippen LogP contribution in [0.2, 0.25) is 0 Å². The normalized spacial score (nSPS) is 10.8. The lowest BCUT2D eigenvalue weighted by Gasteiger charge is -2.02. The predicted octanol–water partition coefficient (Wildman–Crippen LogP) is 0.796. The van der Waals surface area contributed by atoms with Gasteiger partial charge in [0.1, 0.15) is 11.9 Å². The van der Waals surface area contributed by atoms with Gasteiger partial charge in [-0.3, -0.25) is 14.6 Å². The zero-order chi connectivity index (χ0) is 15.5. The summed E-state index contributed by atoms with van der Waals surface area (Å²) in [5.41, 5.74) is 0.231. The van der Waals surface area contributed by atoms with Gasteiger partial charge in [0, 0.05) is 5.56 Å². The molecule has 0 atom stereocenters. The number of H-pyrrole nitrogens is 1. The van der Waals surface area contributed by atoms with Crippen LogP contribution in [0, 0.1) is 0 Å². The number of carbonyl (C=O) groups excluding carboxylic acids is 1. The van der Waals surface area contributed by atoms with Gasteiger partial charge in [0.05, 0.1) is 12.9 Å². The fourth-order valence-electron chi connectivity index (χ4n) is 1.78. The molecule has 0 unspecified atom stereocenters. The Labute approximate surface area is 128 Å². The first kappa shape index (κ1) is 14.3. The molecule has 0 amide bonds. The van der Waals surface area contributed by atoms with Crippen LogP contribution in [0.4, 0.5) is 0 Å². The Morgan fingerprint density at radius 3 is 2.82 bits per heavy atom. The Hall–Kier alpha value is -2.68. The molecule has 0 aliphatic heterocycles. The van der Waals surface area contributed by atoms with Gasteiger partial charge in [-0.05, 0) is 24.3 Å². The molecule has 0 aliphatic rings. The van der Waals surface area contributed by atoms with Gasteiger partial charge in [-0.15, -0.1) is 10.2 Å². The second kappa shape index (κ2) is 5.98. The van der Waals surface area contributed by atoms with Crippen molar-refractivity contribution in [2.75, 3.05) is 12.9 Å². The first-order valence-corrected chi connectivity index (χ1v) is 7.27. The van der Waals surface area contributed by atoms with Gasteiger partial charge in [-0.25, -0.2) is 0 Å². The fraction of sp³-hybridized carbons (Fsp3) is 0.154. The molecule has 0 saturated heterocycles. The van der Waals surface area contributed by atoms with E-state index in [1.165, 1.54) is 16.3 Å². The second-order valence-electron chi connectivity index (χ2n) is 4.29. The van der Waals surface area contributed by atoms with Crippen molar-refractivity contribution in [2.24, 2.45) is 0 Å². The van der Waals surface area contributed by atoms with Crippen molar-refractivity contribution in [1.82, 2.24) is 24.8 Å². The van der Waals surface area contributed by atoms with E-state index >= 15 is 0 Å². The minimum Gasteiger partial charge on any atom is -0.497 e. The van der Waals surface area contributed by atoms with E-state index in [4.69, 9.17) is 4.74 Å². The van der Waals surface area contributed by atoms with E-state index in [-0.39, 0.29) is 22.9 Å². The molecule has 2 heterocycles. The zero-order valence-electron chi connectivity index (χ0n) is 11.5. The minimum atomic E-state index is -0.356. The molecule has 0 saturated carbocycles. The van der Waals surface area contributed by atoms with Gasteiger partial charge in [0.25, 0.3) is 11.3 Å². The third-order valence-corrected chi connectivity index (χ3v) is 3.80. The highest BCUT2D eigenvalue weighted by Gasteiger charge is 2.12. The molecule has 1 N–H and O–H groups in total. The summed E-state index contributed by atoms with van der Waals surface area (Å²) in [5.74, 6) is 1.08. The molecule has 0 bridgehead atoms. The second-order valence-corrected chi connectivity index (χ2v) is 5.23. The molecular weight excluding hydrogens is 306 g/mol. The molecule has 2 aromatic heterocycles. The lowest BCUT2D eigenvalue weighted by Crippen LogP contribution is -2.10. The number of thioether (sulfide) groups is 1. The van der Waals surface area contributed by atoms with E-state index in [1.54, 1.807) is 31.4 Å². The number of fused-ring (bicyclic) bond motifs is 1. The van der Waals surface area contributed by atoms with Crippen LogP contribution in [0.25, 0.3) is 5.78 Å². The molecule has 1 aromatic carbocycles. The molecule has 0 spiro atoms. The number of aromatic amines is 1. The lowest BCUT2D eigenvalue weighted by molar-refractivity contribution is 0.102. The van der Waals surface area contributed by atoms with Crippen molar-refractivity contribution in [2.45, 2.75) is 5.16 Å². The Kier molecular flexibility index (Phi) is 3.88. The van der Waals surface area contributed by atoms with Crippen LogP contribution in [-0.4, -0.2) is 43.4 Å². The molecule has 0 aliphatic carbocycles. The van der Waals surface area contributed by atoms with E-state index in [1.807, 2.05) is 0 Å². The van der Waals surface area contributed by atoms with Crippen molar-refractivity contribution < 1.29 is 9.53 Å². The molecular formula is C13H11N5O3S. The van der Waals surface area contributed by atoms with Gasteiger partial charge in [0.15, 0.2) is 5.78 Å². The topological polar surface area (TPSA) is 102 Å². The number of ether oxygens (including phenoxy) is 1. The summed E-state index contributed by atoms with van der Waals surface area (Å²) in [4.78, 5) is 25.8. The average Bonchev–Trinajstić information content (AvgIpc) is 2.94. The van der Waals surface area contributed by atoms with E-state index in [0.717, 1.165) is 6.20 Å². The number of rotatable bonds is 5. The Morgan fingerprint density at radius 2 is 2.09 bits per heavy atom. The van der Waals surface area contributed by atoms with Crippen molar-refractivity contribution in [3.8, 4) is 5.75 Å². The Bertz CT molecular complexity index is 871. The number of aromatic nitrogens is 5. The van der Waals surface area contributed by atoms with E-state index in [9.17, 15) is 9.59 Å². The van der Waals surface area contributed by atoms with Crippen molar-refractivity contribution in [3.63, 3.8) is 0 Å². The molecule has 3 rings (SSSR count). The summed E-state index contributed by atoms with van der Waals surface area (Å²) < 4.78 is 6.43. The number of methoxy groups -OCH3 is 1. The maximum atomic E-state index is 12.1. The molecule has 9 heteroatoms.